The molecule has 2 aromatic carbocycles. The molecule has 1 aliphatic rings. The molecule has 6 heteroatoms. The van der Waals surface area contributed by atoms with Crippen molar-refractivity contribution >= 4 is 17.9 Å². The summed E-state index contributed by atoms with van der Waals surface area (Å²) in [6.07, 6.45) is 1.52. The number of carbonyl (C=O) groups excluding carboxylic acids is 1. The van der Waals surface area contributed by atoms with Gasteiger partial charge in [-0.1, -0.05) is 30.3 Å². The molecule has 0 atom stereocenters. The molecule has 0 amide bonds. The number of cyclic esters (lactones) is 1. The van der Waals surface area contributed by atoms with Gasteiger partial charge in [0.1, 0.15) is 5.75 Å². The molecule has 4 nitrogen and oxygen atoms in total. The zero-order valence-corrected chi connectivity index (χ0v) is 11.8. The number of alkyl halides is 2. The van der Waals surface area contributed by atoms with E-state index in [1.54, 1.807) is 24.3 Å². The SMILES string of the molecule is O=C1OC(c2ccccc2)=N/C1=C\c1ccc(OC(F)F)cc1. The molecule has 1 heterocycles. The molecule has 116 valence electrons. The van der Waals surface area contributed by atoms with E-state index in [1.165, 1.54) is 18.2 Å². The largest absolute Gasteiger partial charge is 0.435 e. The van der Waals surface area contributed by atoms with Crippen molar-refractivity contribution in [2.45, 2.75) is 6.61 Å². The van der Waals surface area contributed by atoms with Gasteiger partial charge in [-0.25, -0.2) is 9.79 Å². The quantitative estimate of drug-likeness (QED) is 0.639. The van der Waals surface area contributed by atoms with Crippen LogP contribution in [0.4, 0.5) is 8.78 Å². The summed E-state index contributed by atoms with van der Waals surface area (Å²) < 4.78 is 33.6. The average molecular weight is 315 g/mol. The number of rotatable bonds is 4. The number of esters is 1. The van der Waals surface area contributed by atoms with Gasteiger partial charge in [0, 0.05) is 5.56 Å². The Morgan fingerprint density at radius 2 is 1.74 bits per heavy atom. The summed E-state index contributed by atoms with van der Waals surface area (Å²) in [4.78, 5) is 16.0. The summed E-state index contributed by atoms with van der Waals surface area (Å²) in [7, 11) is 0. The molecule has 0 unspecified atom stereocenters. The lowest BCUT2D eigenvalue weighted by molar-refractivity contribution is -0.129. The first-order valence-corrected chi connectivity index (χ1v) is 6.75. The topological polar surface area (TPSA) is 47.9 Å². The molecular weight excluding hydrogens is 304 g/mol. The van der Waals surface area contributed by atoms with Gasteiger partial charge in [-0.2, -0.15) is 8.78 Å². The van der Waals surface area contributed by atoms with E-state index in [0.717, 1.165) is 0 Å². The lowest BCUT2D eigenvalue weighted by Crippen LogP contribution is -2.04. The first-order valence-electron chi connectivity index (χ1n) is 6.75. The molecule has 2 aromatic rings. The van der Waals surface area contributed by atoms with Crippen LogP contribution in [0, 0.1) is 0 Å². The van der Waals surface area contributed by atoms with Gasteiger partial charge in [-0.05, 0) is 35.9 Å². The van der Waals surface area contributed by atoms with E-state index in [1.807, 2.05) is 18.2 Å². The minimum atomic E-state index is -2.87. The zero-order valence-electron chi connectivity index (χ0n) is 11.8. The fourth-order valence-electron chi connectivity index (χ4n) is 2.02. The summed E-state index contributed by atoms with van der Waals surface area (Å²) in [6, 6.07) is 14.9. The van der Waals surface area contributed by atoms with Crippen LogP contribution in [0.3, 0.4) is 0 Å². The first-order chi connectivity index (χ1) is 11.1. The van der Waals surface area contributed by atoms with Crippen LogP contribution in [0.25, 0.3) is 6.08 Å². The summed E-state index contributed by atoms with van der Waals surface area (Å²) in [5, 5.41) is 0. The van der Waals surface area contributed by atoms with Crippen molar-refractivity contribution in [3.8, 4) is 5.75 Å². The van der Waals surface area contributed by atoms with Gasteiger partial charge in [-0.15, -0.1) is 0 Å². The monoisotopic (exact) mass is 315 g/mol. The van der Waals surface area contributed by atoms with Crippen LogP contribution < -0.4 is 4.74 Å². The van der Waals surface area contributed by atoms with E-state index in [-0.39, 0.29) is 17.3 Å². The third kappa shape index (κ3) is 3.60. The molecule has 1 aliphatic heterocycles. The Morgan fingerprint density at radius 1 is 1.04 bits per heavy atom. The number of carbonyl (C=O) groups is 1. The van der Waals surface area contributed by atoms with Crippen LogP contribution in [-0.2, 0) is 9.53 Å². The second kappa shape index (κ2) is 6.39. The summed E-state index contributed by atoms with van der Waals surface area (Å²) in [5.74, 6) is -0.277. The lowest BCUT2D eigenvalue weighted by Gasteiger charge is -2.03. The Morgan fingerprint density at radius 3 is 2.39 bits per heavy atom. The Labute approximate surface area is 130 Å². The number of halogens is 2. The number of benzene rings is 2. The standard InChI is InChI=1S/C17H11F2NO3/c18-17(19)22-13-8-6-11(7-9-13)10-14-16(21)23-15(20-14)12-4-2-1-3-5-12/h1-10,17H/b14-10-. The van der Waals surface area contributed by atoms with Crippen molar-refractivity contribution in [2.75, 3.05) is 0 Å². The van der Waals surface area contributed by atoms with Gasteiger partial charge in [0.25, 0.3) is 0 Å². The highest BCUT2D eigenvalue weighted by atomic mass is 19.3. The fraction of sp³-hybridized carbons (Fsp3) is 0.0588. The second-order valence-electron chi connectivity index (χ2n) is 4.65. The Balaban J connectivity index is 1.82. The van der Waals surface area contributed by atoms with E-state index in [9.17, 15) is 13.6 Å². The predicted octanol–water partition coefficient (Wildman–Crippen LogP) is 3.63. The maximum atomic E-state index is 12.1. The smallest absolute Gasteiger partial charge is 0.387 e. The Kier molecular flexibility index (Phi) is 4.14. The van der Waals surface area contributed by atoms with E-state index in [2.05, 4.69) is 9.73 Å². The van der Waals surface area contributed by atoms with Crippen molar-refractivity contribution in [1.29, 1.82) is 0 Å². The molecule has 0 aliphatic carbocycles. The summed E-state index contributed by atoms with van der Waals surface area (Å²) in [5.41, 5.74) is 1.47. The van der Waals surface area contributed by atoms with Crippen LogP contribution in [0.2, 0.25) is 0 Å². The average Bonchev–Trinajstić information content (AvgIpc) is 2.91. The number of hydrogen-bond acceptors (Lipinski definition) is 4. The van der Waals surface area contributed by atoms with E-state index < -0.39 is 12.6 Å². The maximum absolute atomic E-state index is 12.1. The third-order valence-corrected chi connectivity index (χ3v) is 3.05. The molecule has 0 spiro atoms. The Bertz CT molecular complexity index is 768. The molecular formula is C17H11F2NO3. The van der Waals surface area contributed by atoms with Crippen LogP contribution in [0.5, 0.6) is 5.75 Å². The van der Waals surface area contributed by atoms with Crippen molar-refractivity contribution < 1.29 is 23.0 Å². The molecule has 0 fully saturated rings. The minimum absolute atomic E-state index is 0.0459. The molecule has 0 radical (unpaired) electrons. The van der Waals surface area contributed by atoms with Gasteiger partial charge in [0.05, 0.1) is 0 Å². The second-order valence-corrected chi connectivity index (χ2v) is 4.65. The minimum Gasteiger partial charge on any atom is -0.435 e. The molecule has 0 saturated heterocycles. The van der Waals surface area contributed by atoms with Crippen LogP contribution in [-0.4, -0.2) is 18.5 Å². The first kappa shape index (κ1) is 14.9. The van der Waals surface area contributed by atoms with Crippen molar-refractivity contribution in [3.63, 3.8) is 0 Å². The Hall–Kier alpha value is -3.02. The van der Waals surface area contributed by atoms with Crippen molar-refractivity contribution in [2.24, 2.45) is 4.99 Å². The highest BCUT2D eigenvalue weighted by Crippen LogP contribution is 2.21. The molecule has 0 N–H and O–H groups in total. The van der Waals surface area contributed by atoms with Crippen LogP contribution in [0.1, 0.15) is 11.1 Å². The van der Waals surface area contributed by atoms with Gasteiger partial charge < -0.3 is 9.47 Å². The van der Waals surface area contributed by atoms with E-state index >= 15 is 0 Å². The lowest BCUT2D eigenvalue weighted by atomic mass is 10.2. The summed E-state index contributed by atoms with van der Waals surface area (Å²) >= 11 is 0. The molecule has 0 bridgehead atoms. The van der Waals surface area contributed by atoms with Gasteiger partial charge in [-0.3, -0.25) is 0 Å². The molecule has 0 saturated carbocycles. The van der Waals surface area contributed by atoms with Gasteiger partial charge >= 0.3 is 12.6 Å². The molecule has 23 heavy (non-hydrogen) atoms. The highest BCUT2D eigenvalue weighted by molar-refractivity contribution is 6.12. The predicted molar refractivity (Wildman–Crippen MR) is 80.1 cm³/mol. The number of aliphatic imine (C=N–C) groups is 1. The maximum Gasteiger partial charge on any atom is 0.387 e. The summed E-state index contributed by atoms with van der Waals surface area (Å²) in [6.45, 7) is -2.87. The van der Waals surface area contributed by atoms with Crippen molar-refractivity contribution in [1.82, 2.24) is 0 Å². The van der Waals surface area contributed by atoms with Crippen LogP contribution >= 0.6 is 0 Å². The van der Waals surface area contributed by atoms with E-state index in [4.69, 9.17) is 4.74 Å². The fourth-order valence-corrected chi connectivity index (χ4v) is 2.02. The third-order valence-electron chi connectivity index (χ3n) is 3.05. The number of nitrogens with zero attached hydrogens (tertiary/aromatic N) is 1. The van der Waals surface area contributed by atoms with Crippen molar-refractivity contribution in [3.05, 3.63) is 71.4 Å². The number of ether oxygens (including phenoxy) is 2. The number of hydrogen-bond donors (Lipinski definition) is 0. The molecule has 3 rings (SSSR count). The normalized spacial score (nSPS) is 15.7. The van der Waals surface area contributed by atoms with Crippen LogP contribution in [0.15, 0.2) is 65.3 Å². The highest BCUT2D eigenvalue weighted by Gasteiger charge is 2.23. The van der Waals surface area contributed by atoms with Gasteiger partial charge in [0.2, 0.25) is 5.90 Å². The molecule has 0 aromatic heterocycles. The van der Waals surface area contributed by atoms with Gasteiger partial charge in [0.15, 0.2) is 5.70 Å². The van der Waals surface area contributed by atoms with E-state index in [0.29, 0.717) is 11.1 Å². The zero-order chi connectivity index (χ0) is 16.2.